The largest absolute Gasteiger partial charge is 0.465 e. The normalized spacial score (nSPS) is 22.4. The second-order valence-corrected chi connectivity index (χ2v) is 9.68. The molecule has 2 fully saturated rings. The molecule has 2 amide bonds. The van der Waals surface area contributed by atoms with Crippen LogP contribution in [0.5, 0.6) is 0 Å². The van der Waals surface area contributed by atoms with Gasteiger partial charge in [0.25, 0.3) is 0 Å². The fourth-order valence-corrected chi connectivity index (χ4v) is 5.67. The van der Waals surface area contributed by atoms with Crippen molar-refractivity contribution in [2.45, 2.75) is 17.5 Å². The highest BCUT2D eigenvalue weighted by molar-refractivity contribution is 7.89. The van der Waals surface area contributed by atoms with Gasteiger partial charge in [-0.25, -0.2) is 13.2 Å². The molecule has 1 heterocycles. The van der Waals surface area contributed by atoms with Gasteiger partial charge in [0.15, 0.2) is 0 Å². The molecule has 0 aromatic heterocycles. The van der Waals surface area contributed by atoms with E-state index in [1.165, 1.54) is 22.5 Å². The fraction of sp³-hybridized carbons (Fsp3) is 0.273. The van der Waals surface area contributed by atoms with Crippen LogP contribution in [0.4, 0.5) is 10.5 Å². The average molecular weight is 442 g/mol. The summed E-state index contributed by atoms with van der Waals surface area (Å²) in [5.41, 5.74) is 1.09. The number of carbonyl (C=O) groups is 2. The van der Waals surface area contributed by atoms with Crippen LogP contribution in [0.15, 0.2) is 72.1 Å². The molecule has 2 unspecified atom stereocenters. The molecule has 9 heteroatoms. The summed E-state index contributed by atoms with van der Waals surface area (Å²) < 4.78 is 27.7. The van der Waals surface area contributed by atoms with Gasteiger partial charge in [0.1, 0.15) is 0 Å². The number of piperidine rings is 1. The number of rotatable bonds is 7. The molecule has 0 spiro atoms. The second kappa shape index (κ2) is 8.16. The van der Waals surface area contributed by atoms with Gasteiger partial charge in [-0.3, -0.25) is 9.69 Å². The van der Waals surface area contributed by atoms with E-state index in [1.54, 1.807) is 12.1 Å². The molecule has 2 atom stereocenters. The van der Waals surface area contributed by atoms with E-state index in [0.29, 0.717) is 13.1 Å². The van der Waals surface area contributed by atoms with E-state index < -0.39 is 16.1 Å². The van der Waals surface area contributed by atoms with Crippen molar-refractivity contribution < 1.29 is 23.1 Å². The third kappa shape index (κ3) is 4.19. The van der Waals surface area contributed by atoms with Gasteiger partial charge in [-0.05, 0) is 41.7 Å². The molecule has 2 aromatic rings. The van der Waals surface area contributed by atoms with Crippen molar-refractivity contribution in [3.8, 4) is 0 Å². The Kier molecular flexibility index (Phi) is 5.55. The number of fused-ring (bicyclic) bond motifs is 1. The fourth-order valence-electron chi connectivity index (χ4n) is 4.12. The van der Waals surface area contributed by atoms with Gasteiger partial charge in [0.05, 0.1) is 11.4 Å². The third-order valence-corrected chi connectivity index (χ3v) is 7.66. The molecular weight excluding hydrogens is 418 g/mol. The first-order chi connectivity index (χ1) is 14.8. The van der Waals surface area contributed by atoms with Gasteiger partial charge in [-0.15, -0.1) is 0 Å². The summed E-state index contributed by atoms with van der Waals surface area (Å²) in [5.74, 6) is -0.0698. The van der Waals surface area contributed by atoms with E-state index in [4.69, 9.17) is 0 Å². The number of amides is 2. The maximum atomic E-state index is 13.1. The number of carboxylic acid groups (broad SMARTS) is 1. The van der Waals surface area contributed by atoms with Crippen LogP contribution in [0, 0.1) is 11.8 Å². The first kappa shape index (κ1) is 21.1. The maximum absolute atomic E-state index is 13.1. The smallest absolute Gasteiger partial charge is 0.412 e. The molecule has 8 nitrogen and oxygen atoms in total. The second-order valence-electron chi connectivity index (χ2n) is 7.74. The van der Waals surface area contributed by atoms with Crippen LogP contribution in [0.25, 0.3) is 0 Å². The molecule has 0 radical (unpaired) electrons. The highest BCUT2D eigenvalue weighted by atomic mass is 32.2. The molecule has 2 N–H and O–H groups in total. The topological polar surface area (TPSA) is 107 Å². The minimum absolute atomic E-state index is 0.0170. The Morgan fingerprint density at radius 1 is 1.13 bits per heavy atom. The predicted octanol–water partition coefficient (Wildman–Crippen LogP) is 2.29. The van der Waals surface area contributed by atoms with E-state index in [1.807, 2.05) is 30.3 Å². The predicted molar refractivity (Wildman–Crippen MR) is 115 cm³/mol. The summed E-state index contributed by atoms with van der Waals surface area (Å²) in [7, 11) is -3.77. The van der Waals surface area contributed by atoms with Crippen LogP contribution in [0.2, 0.25) is 0 Å². The van der Waals surface area contributed by atoms with Crippen molar-refractivity contribution in [2.75, 3.05) is 18.0 Å². The number of nitrogens with one attached hydrogen (secondary N) is 1. The van der Waals surface area contributed by atoms with Crippen LogP contribution >= 0.6 is 0 Å². The van der Waals surface area contributed by atoms with E-state index in [9.17, 15) is 23.1 Å². The van der Waals surface area contributed by atoms with Gasteiger partial charge in [-0.1, -0.05) is 43.0 Å². The Bertz CT molecular complexity index is 1110. The monoisotopic (exact) mass is 441 g/mol. The number of carbonyl (C=O) groups excluding carboxylic acids is 1. The standard InChI is InChI=1S/C22H23N3O5S/c1-2-20(26)23-21-18-13-24(14-19(18)21)31(29,30)17-10-6-9-16(11-17)25(22(27)28)12-15-7-4-3-5-8-15/h2-11,18-19,21H,1,12-14H2,(H,23,26)(H,27,28). The quantitative estimate of drug-likeness (QED) is 0.641. The highest BCUT2D eigenvalue weighted by Crippen LogP contribution is 2.47. The number of hydrogen-bond donors (Lipinski definition) is 2. The van der Waals surface area contributed by atoms with Crippen molar-refractivity contribution in [2.24, 2.45) is 11.8 Å². The van der Waals surface area contributed by atoms with Crippen LogP contribution in [-0.2, 0) is 21.4 Å². The van der Waals surface area contributed by atoms with Crippen molar-refractivity contribution in [3.05, 3.63) is 72.8 Å². The van der Waals surface area contributed by atoms with E-state index in [0.717, 1.165) is 10.5 Å². The van der Waals surface area contributed by atoms with Crippen molar-refractivity contribution in [3.63, 3.8) is 0 Å². The minimum Gasteiger partial charge on any atom is -0.465 e. The lowest BCUT2D eigenvalue weighted by Gasteiger charge is -2.23. The highest BCUT2D eigenvalue weighted by Gasteiger charge is 2.58. The zero-order chi connectivity index (χ0) is 22.2. The van der Waals surface area contributed by atoms with Gasteiger partial charge in [0.2, 0.25) is 15.9 Å². The minimum atomic E-state index is -3.77. The van der Waals surface area contributed by atoms with Crippen LogP contribution in [-0.4, -0.2) is 49.0 Å². The summed E-state index contributed by atoms with van der Waals surface area (Å²) in [6.07, 6.45) is 0.0409. The maximum Gasteiger partial charge on any atom is 0.412 e. The van der Waals surface area contributed by atoms with Gasteiger partial charge in [-0.2, -0.15) is 4.31 Å². The van der Waals surface area contributed by atoms with E-state index in [-0.39, 0.29) is 40.9 Å². The molecule has 1 saturated carbocycles. The molecular formula is C22H23N3O5S. The zero-order valence-corrected chi connectivity index (χ0v) is 17.5. The number of benzene rings is 2. The van der Waals surface area contributed by atoms with Gasteiger partial charge >= 0.3 is 6.09 Å². The summed E-state index contributed by atoms with van der Waals surface area (Å²) in [6.45, 7) is 4.19. The average Bonchev–Trinajstić information content (AvgIpc) is 3.19. The van der Waals surface area contributed by atoms with Crippen molar-refractivity contribution in [1.29, 1.82) is 0 Å². The Balaban J connectivity index is 1.50. The Labute approximate surface area is 180 Å². The summed E-state index contributed by atoms with van der Waals surface area (Å²) in [4.78, 5) is 24.5. The van der Waals surface area contributed by atoms with Gasteiger partial charge in [0, 0.05) is 24.8 Å². The van der Waals surface area contributed by atoms with Crippen molar-refractivity contribution in [1.82, 2.24) is 9.62 Å². The number of sulfonamides is 1. The Morgan fingerprint density at radius 3 is 2.42 bits per heavy atom. The first-order valence-electron chi connectivity index (χ1n) is 9.89. The molecule has 1 aliphatic carbocycles. The third-order valence-electron chi connectivity index (χ3n) is 5.84. The molecule has 1 aliphatic heterocycles. The first-order valence-corrected chi connectivity index (χ1v) is 11.3. The molecule has 1 saturated heterocycles. The lowest BCUT2D eigenvalue weighted by molar-refractivity contribution is -0.116. The lowest BCUT2D eigenvalue weighted by atomic mass is 10.2. The molecule has 162 valence electrons. The summed E-state index contributed by atoms with van der Waals surface area (Å²) in [6, 6.07) is 15.1. The molecule has 2 aromatic carbocycles. The van der Waals surface area contributed by atoms with Crippen LogP contribution in [0.3, 0.4) is 0 Å². The number of hydrogen-bond acceptors (Lipinski definition) is 4. The summed E-state index contributed by atoms with van der Waals surface area (Å²) in [5, 5.41) is 12.5. The van der Waals surface area contributed by atoms with Crippen LogP contribution < -0.4 is 10.2 Å². The number of anilines is 1. The van der Waals surface area contributed by atoms with E-state index >= 15 is 0 Å². The van der Waals surface area contributed by atoms with Gasteiger partial charge < -0.3 is 10.4 Å². The number of nitrogens with zero attached hydrogens (tertiary/aromatic N) is 2. The van der Waals surface area contributed by atoms with Crippen molar-refractivity contribution >= 4 is 27.7 Å². The van der Waals surface area contributed by atoms with Crippen LogP contribution in [0.1, 0.15) is 5.56 Å². The molecule has 4 rings (SSSR count). The molecule has 31 heavy (non-hydrogen) atoms. The SMILES string of the molecule is C=CC(=O)NC1C2CN(S(=O)(=O)c3cccc(N(Cc4ccccc4)C(=O)O)c3)CC21. The van der Waals surface area contributed by atoms with E-state index in [2.05, 4.69) is 11.9 Å². The molecule has 0 bridgehead atoms. The summed E-state index contributed by atoms with van der Waals surface area (Å²) >= 11 is 0. The zero-order valence-electron chi connectivity index (χ0n) is 16.7. The Hall–Kier alpha value is -3.17. The Morgan fingerprint density at radius 2 is 1.81 bits per heavy atom. The molecule has 2 aliphatic rings. The lowest BCUT2D eigenvalue weighted by Crippen LogP contribution is -2.37.